The molecule has 13 heavy (non-hydrogen) atoms. The van der Waals surface area contributed by atoms with E-state index in [9.17, 15) is 18.0 Å². The van der Waals surface area contributed by atoms with Gasteiger partial charge >= 0.3 is 0 Å². The van der Waals surface area contributed by atoms with Gasteiger partial charge in [-0.1, -0.05) is 0 Å². The van der Waals surface area contributed by atoms with Gasteiger partial charge in [-0.3, -0.25) is 4.79 Å². The molecule has 0 aromatic heterocycles. The minimum Gasteiger partial charge on any atom is -0.341 e. The molecule has 5 heteroatoms. The zero-order chi connectivity index (χ0) is 10.4. The van der Waals surface area contributed by atoms with Gasteiger partial charge in [-0.05, 0) is 13.8 Å². The topological polar surface area (TPSA) is 20.3 Å². The summed E-state index contributed by atoms with van der Waals surface area (Å²) in [5.74, 6) is -0.977. The molecule has 0 radical (unpaired) electrons. The fourth-order valence-electron chi connectivity index (χ4n) is 0.943. The van der Waals surface area contributed by atoms with Crippen molar-refractivity contribution in [2.75, 3.05) is 19.8 Å². The molecule has 2 unspecified atom stereocenters. The average Bonchev–Trinajstić information content (AvgIpc) is 2.17. The van der Waals surface area contributed by atoms with Gasteiger partial charge in [0.15, 0.2) is 6.17 Å². The van der Waals surface area contributed by atoms with Crippen LogP contribution in [0.25, 0.3) is 0 Å². The fraction of sp³-hybridized carbons (Fsp3) is 0.875. The highest BCUT2D eigenvalue weighted by Crippen LogP contribution is 2.08. The van der Waals surface area contributed by atoms with Crippen molar-refractivity contribution in [2.24, 2.45) is 0 Å². The summed E-state index contributed by atoms with van der Waals surface area (Å²) < 4.78 is 36.9. The third kappa shape index (κ3) is 3.24. The first-order chi connectivity index (χ1) is 6.08. The van der Waals surface area contributed by atoms with Crippen molar-refractivity contribution in [3.05, 3.63) is 0 Å². The first kappa shape index (κ1) is 12.3. The van der Waals surface area contributed by atoms with Gasteiger partial charge in [0.25, 0.3) is 5.91 Å². The van der Waals surface area contributed by atoms with Crippen LogP contribution >= 0.6 is 0 Å². The second kappa shape index (κ2) is 5.83. The molecule has 0 aliphatic heterocycles. The zero-order valence-corrected chi connectivity index (χ0v) is 7.77. The molecule has 0 spiro atoms. The molecule has 0 saturated heterocycles. The third-order valence-corrected chi connectivity index (χ3v) is 1.78. The summed E-state index contributed by atoms with van der Waals surface area (Å²) in [7, 11) is 0. The lowest BCUT2D eigenvalue weighted by molar-refractivity contribution is -0.138. The summed E-state index contributed by atoms with van der Waals surface area (Å²) in [5.41, 5.74) is 0. The highest BCUT2D eigenvalue weighted by molar-refractivity contribution is 5.81. The molecule has 0 bridgehead atoms. The average molecular weight is 197 g/mol. The van der Waals surface area contributed by atoms with Crippen molar-refractivity contribution in [2.45, 2.75) is 26.2 Å². The molecule has 0 aliphatic rings. The number of nitrogens with zero attached hydrogens (tertiary/aromatic N) is 1. The molecule has 0 rings (SSSR count). The van der Waals surface area contributed by atoms with Gasteiger partial charge in [0.2, 0.25) is 6.17 Å². The van der Waals surface area contributed by atoms with E-state index in [0.717, 1.165) is 4.90 Å². The number of hydrogen-bond donors (Lipinski definition) is 0. The predicted octanol–water partition coefficient (Wildman–Crippen LogP) is 1.50. The van der Waals surface area contributed by atoms with Gasteiger partial charge in [-0.2, -0.15) is 0 Å². The van der Waals surface area contributed by atoms with Crippen molar-refractivity contribution >= 4 is 5.91 Å². The molecular formula is C8H14F3NO. The molecule has 0 aromatic carbocycles. The van der Waals surface area contributed by atoms with Crippen LogP contribution in [0.3, 0.4) is 0 Å². The maximum Gasteiger partial charge on any atom is 0.260 e. The van der Waals surface area contributed by atoms with Crippen molar-refractivity contribution in [3.63, 3.8) is 0 Å². The first-order valence-corrected chi connectivity index (χ1v) is 4.21. The Morgan fingerprint density at radius 3 is 2.08 bits per heavy atom. The van der Waals surface area contributed by atoms with Crippen LogP contribution in [0.2, 0.25) is 0 Å². The van der Waals surface area contributed by atoms with E-state index in [1.54, 1.807) is 13.8 Å². The number of halogens is 3. The highest BCUT2D eigenvalue weighted by atomic mass is 19.2. The lowest BCUT2D eigenvalue weighted by Crippen LogP contribution is -2.41. The first-order valence-electron chi connectivity index (χ1n) is 4.21. The number of carbonyl (C=O) groups is 1. The van der Waals surface area contributed by atoms with Crippen LogP contribution in [0.5, 0.6) is 0 Å². The van der Waals surface area contributed by atoms with E-state index in [1.165, 1.54) is 0 Å². The summed E-state index contributed by atoms with van der Waals surface area (Å²) in [6, 6.07) is 0. The molecular weight excluding hydrogens is 183 g/mol. The Morgan fingerprint density at radius 1 is 1.31 bits per heavy atom. The van der Waals surface area contributed by atoms with Gasteiger partial charge in [-0.15, -0.1) is 0 Å². The quantitative estimate of drug-likeness (QED) is 0.654. The van der Waals surface area contributed by atoms with Crippen molar-refractivity contribution in [1.82, 2.24) is 4.90 Å². The Hall–Kier alpha value is -0.740. The Bertz CT molecular complexity index is 161. The van der Waals surface area contributed by atoms with E-state index in [0.29, 0.717) is 13.1 Å². The predicted molar refractivity (Wildman–Crippen MR) is 43.7 cm³/mol. The van der Waals surface area contributed by atoms with Gasteiger partial charge in [-0.25, -0.2) is 13.2 Å². The highest BCUT2D eigenvalue weighted by Gasteiger charge is 2.30. The second-order valence-corrected chi connectivity index (χ2v) is 2.58. The molecule has 0 heterocycles. The normalized spacial score (nSPS) is 15.2. The number of alkyl halides is 3. The summed E-state index contributed by atoms with van der Waals surface area (Å²) in [5, 5.41) is 0. The van der Waals surface area contributed by atoms with Crippen LogP contribution in [0.1, 0.15) is 13.8 Å². The Kier molecular flexibility index (Phi) is 5.50. The van der Waals surface area contributed by atoms with Crippen LogP contribution in [-0.4, -0.2) is 42.9 Å². The van der Waals surface area contributed by atoms with Crippen LogP contribution < -0.4 is 0 Å². The molecule has 2 atom stereocenters. The van der Waals surface area contributed by atoms with Crippen molar-refractivity contribution in [3.8, 4) is 0 Å². The molecule has 0 N–H and O–H groups in total. The molecule has 0 fully saturated rings. The van der Waals surface area contributed by atoms with Gasteiger partial charge in [0.05, 0.1) is 0 Å². The smallest absolute Gasteiger partial charge is 0.260 e. The monoisotopic (exact) mass is 197 g/mol. The molecule has 78 valence electrons. The second-order valence-electron chi connectivity index (χ2n) is 2.58. The molecule has 0 saturated carbocycles. The van der Waals surface area contributed by atoms with Gasteiger partial charge in [0.1, 0.15) is 6.67 Å². The van der Waals surface area contributed by atoms with Crippen LogP contribution in [0.4, 0.5) is 13.2 Å². The zero-order valence-electron chi connectivity index (χ0n) is 7.77. The summed E-state index contributed by atoms with van der Waals surface area (Å²) >= 11 is 0. The minimum absolute atomic E-state index is 0.300. The lowest BCUT2D eigenvalue weighted by Gasteiger charge is -2.21. The van der Waals surface area contributed by atoms with Gasteiger partial charge in [0, 0.05) is 13.1 Å². The fourth-order valence-corrected chi connectivity index (χ4v) is 0.943. The maximum absolute atomic E-state index is 12.8. The van der Waals surface area contributed by atoms with Crippen molar-refractivity contribution < 1.29 is 18.0 Å². The maximum atomic E-state index is 12.8. The largest absolute Gasteiger partial charge is 0.341 e. The van der Waals surface area contributed by atoms with Crippen LogP contribution in [0, 0.1) is 0 Å². The Labute approximate surface area is 75.7 Å². The summed E-state index contributed by atoms with van der Waals surface area (Å²) in [4.78, 5) is 12.2. The van der Waals surface area contributed by atoms with E-state index < -0.39 is 24.9 Å². The van der Waals surface area contributed by atoms with E-state index >= 15 is 0 Å². The standard InChI is InChI=1S/C8H14F3NO/c1-3-12(4-2)8(13)7(11)6(10)5-9/h6-7H,3-5H2,1-2H3. The Morgan fingerprint density at radius 2 is 1.77 bits per heavy atom. The summed E-state index contributed by atoms with van der Waals surface area (Å²) in [6.45, 7) is 2.44. The van der Waals surface area contributed by atoms with Crippen molar-refractivity contribution in [1.29, 1.82) is 0 Å². The number of carbonyl (C=O) groups excluding carboxylic acids is 1. The molecule has 0 aromatic rings. The number of hydrogen-bond acceptors (Lipinski definition) is 1. The van der Waals surface area contributed by atoms with Gasteiger partial charge < -0.3 is 4.90 Å². The lowest BCUT2D eigenvalue weighted by atomic mass is 10.2. The summed E-state index contributed by atoms with van der Waals surface area (Å²) in [6.07, 6.45) is -4.71. The van der Waals surface area contributed by atoms with E-state index in [-0.39, 0.29) is 0 Å². The van der Waals surface area contributed by atoms with E-state index in [2.05, 4.69) is 0 Å². The SMILES string of the molecule is CCN(CC)C(=O)C(F)C(F)CF. The van der Waals surface area contributed by atoms with Crippen LogP contribution in [0.15, 0.2) is 0 Å². The molecule has 2 nitrogen and oxygen atoms in total. The van der Waals surface area contributed by atoms with E-state index in [4.69, 9.17) is 0 Å². The minimum atomic E-state index is -2.37. The molecule has 1 amide bonds. The van der Waals surface area contributed by atoms with Crippen LogP contribution in [-0.2, 0) is 4.79 Å². The third-order valence-electron chi connectivity index (χ3n) is 1.78. The molecule has 0 aliphatic carbocycles. The Balaban J connectivity index is 4.22. The number of amides is 1. The van der Waals surface area contributed by atoms with E-state index in [1.807, 2.05) is 0 Å². The number of rotatable bonds is 5.